The standard InChI is InChI=1S/C10H12N2O3/c1-6-5-12(10(14)11-9(6)13)8-4-3-7(2)15-8/h3-5,7-8H,1-2H3,(H,11,13,14)/t7-,8-/m1/s1. The van der Waals surface area contributed by atoms with Crippen molar-refractivity contribution in [1.29, 1.82) is 0 Å². The van der Waals surface area contributed by atoms with Gasteiger partial charge in [-0.15, -0.1) is 0 Å². The van der Waals surface area contributed by atoms with E-state index in [1.165, 1.54) is 10.8 Å². The molecule has 2 atom stereocenters. The third-order valence-electron chi connectivity index (χ3n) is 2.32. The zero-order chi connectivity index (χ0) is 11.0. The molecule has 0 saturated carbocycles. The Morgan fingerprint density at radius 2 is 2.13 bits per heavy atom. The summed E-state index contributed by atoms with van der Waals surface area (Å²) in [5.74, 6) is 0. The van der Waals surface area contributed by atoms with Crippen molar-refractivity contribution >= 4 is 0 Å². The number of aromatic nitrogens is 2. The van der Waals surface area contributed by atoms with Gasteiger partial charge in [-0.2, -0.15) is 0 Å². The summed E-state index contributed by atoms with van der Waals surface area (Å²) < 4.78 is 6.82. The van der Waals surface area contributed by atoms with Crippen LogP contribution in [0.1, 0.15) is 18.7 Å². The van der Waals surface area contributed by atoms with Gasteiger partial charge in [0.25, 0.3) is 5.56 Å². The van der Waals surface area contributed by atoms with Crippen LogP contribution in [-0.4, -0.2) is 15.7 Å². The molecule has 0 bridgehead atoms. The second kappa shape index (κ2) is 3.51. The molecule has 80 valence electrons. The fourth-order valence-corrected chi connectivity index (χ4v) is 1.50. The summed E-state index contributed by atoms with van der Waals surface area (Å²) in [5, 5.41) is 0. The lowest BCUT2D eigenvalue weighted by Crippen LogP contribution is -2.33. The predicted octanol–water partition coefficient (Wildman–Crippen LogP) is 0.319. The topological polar surface area (TPSA) is 64.1 Å². The average molecular weight is 208 g/mol. The molecule has 5 nitrogen and oxygen atoms in total. The van der Waals surface area contributed by atoms with Crippen molar-refractivity contribution in [2.45, 2.75) is 26.2 Å². The molecule has 1 aliphatic heterocycles. The molecule has 1 aliphatic rings. The van der Waals surface area contributed by atoms with Gasteiger partial charge in [0.2, 0.25) is 0 Å². The Kier molecular flexibility index (Phi) is 2.32. The largest absolute Gasteiger partial charge is 0.347 e. The van der Waals surface area contributed by atoms with E-state index in [2.05, 4.69) is 4.98 Å². The van der Waals surface area contributed by atoms with Crippen molar-refractivity contribution in [3.63, 3.8) is 0 Å². The molecule has 1 N–H and O–H groups in total. The van der Waals surface area contributed by atoms with Gasteiger partial charge >= 0.3 is 5.69 Å². The Hall–Kier alpha value is -1.62. The Morgan fingerprint density at radius 1 is 1.40 bits per heavy atom. The fraction of sp³-hybridized carbons (Fsp3) is 0.400. The monoisotopic (exact) mass is 208 g/mol. The maximum atomic E-state index is 11.5. The van der Waals surface area contributed by atoms with E-state index in [0.717, 1.165) is 0 Å². The minimum atomic E-state index is -0.450. The number of nitrogens with one attached hydrogen (secondary N) is 1. The van der Waals surface area contributed by atoms with Crippen LogP contribution in [0.15, 0.2) is 27.9 Å². The Balaban J connectivity index is 2.46. The number of aromatic amines is 1. The maximum absolute atomic E-state index is 11.5. The smallest absolute Gasteiger partial charge is 0.330 e. The molecule has 2 heterocycles. The second-order valence-electron chi connectivity index (χ2n) is 3.60. The quantitative estimate of drug-likeness (QED) is 0.676. The zero-order valence-electron chi connectivity index (χ0n) is 8.56. The summed E-state index contributed by atoms with van der Waals surface area (Å²) >= 11 is 0. The molecular formula is C10H12N2O3. The summed E-state index contributed by atoms with van der Waals surface area (Å²) in [6, 6.07) is 0. The molecule has 5 heteroatoms. The lowest BCUT2D eigenvalue weighted by atomic mass is 10.3. The van der Waals surface area contributed by atoms with E-state index < -0.39 is 11.9 Å². The van der Waals surface area contributed by atoms with Gasteiger partial charge in [-0.25, -0.2) is 4.79 Å². The number of H-pyrrole nitrogens is 1. The normalized spacial score (nSPS) is 24.7. The zero-order valence-corrected chi connectivity index (χ0v) is 8.56. The summed E-state index contributed by atoms with van der Waals surface area (Å²) in [6.07, 6.45) is 4.76. The minimum Gasteiger partial charge on any atom is -0.347 e. The first-order valence-electron chi connectivity index (χ1n) is 4.74. The molecule has 1 aromatic heterocycles. The molecule has 0 fully saturated rings. The van der Waals surface area contributed by atoms with Gasteiger partial charge in [0, 0.05) is 11.8 Å². The van der Waals surface area contributed by atoms with Crippen LogP contribution in [0.2, 0.25) is 0 Å². The number of aryl methyl sites for hydroxylation is 1. The lowest BCUT2D eigenvalue weighted by Gasteiger charge is -2.13. The summed E-state index contributed by atoms with van der Waals surface area (Å²) in [6.45, 7) is 3.54. The van der Waals surface area contributed by atoms with Crippen LogP contribution in [0.3, 0.4) is 0 Å². The number of ether oxygens (including phenoxy) is 1. The molecule has 15 heavy (non-hydrogen) atoms. The second-order valence-corrected chi connectivity index (χ2v) is 3.60. The van der Waals surface area contributed by atoms with Gasteiger partial charge in [0.15, 0.2) is 6.23 Å². The molecule has 0 aromatic carbocycles. The third-order valence-corrected chi connectivity index (χ3v) is 2.32. The first kappa shape index (κ1) is 9.92. The van der Waals surface area contributed by atoms with Gasteiger partial charge < -0.3 is 4.74 Å². The Labute approximate surface area is 86.0 Å². The van der Waals surface area contributed by atoms with Gasteiger partial charge in [0.05, 0.1) is 6.10 Å². The van der Waals surface area contributed by atoms with E-state index in [1.807, 2.05) is 13.0 Å². The van der Waals surface area contributed by atoms with E-state index in [1.54, 1.807) is 13.0 Å². The molecule has 1 aromatic rings. The fourth-order valence-electron chi connectivity index (χ4n) is 1.50. The van der Waals surface area contributed by atoms with Crippen molar-refractivity contribution < 1.29 is 4.74 Å². The first-order valence-corrected chi connectivity index (χ1v) is 4.74. The third kappa shape index (κ3) is 1.78. The summed E-state index contributed by atoms with van der Waals surface area (Å²) in [7, 11) is 0. The minimum absolute atomic E-state index is 0.00543. The molecule has 0 unspecified atom stereocenters. The predicted molar refractivity (Wildman–Crippen MR) is 54.8 cm³/mol. The van der Waals surface area contributed by atoms with Crippen LogP contribution in [0.5, 0.6) is 0 Å². The highest BCUT2D eigenvalue weighted by Crippen LogP contribution is 2.18. The Morgan fingerprint density at radius 3 is 2.73 bits per heavy atom. The number of hydrogen-bond donors (Lipinski definition) is 1. The summed E-state index contributed by atoms with van der Waals surface area (Å²) in [4.78, 5) is 24.9. The van der Waals surface area contributed by atoms with Crippen molar-refractivity contribution in [3.05, 3.63) is 44.8 Å². The lowest BCUT2D eigenvalue weighted by molar-refractivity contribution is 0.0243. The number of nitrogens with zero attached hydrogens (tertiary/aromatic N) is 1. The SMILES string of the molecule is Cc1cn([C@H]2C=C[C@@H](C)O2)c(=O)[nH]c1=O. The summed E-state index contributed by atoms with van der Waals surface area (Å²) in [5.41, 5.74) is -0.313. The van der Waals surface area contributed by atoms with Gasteiger partial charge in [-0.3, -0.25) is 14.3 Å². The van der Waals surface area contributed by atoms with Crippen LogP contribution < -0.4 is 11.2 Å². The maximum Gasteiger partial charge on any atom is 0.330 e. The average Bonchev–Trinajstić information content (AvgIpc) is 2.58. The van der Waals surface area contributed by atoms with Crippen molar-refractivity contribution in [2.75, 3.05) is 0 Å². The van der Waals surface area contributed by atoms with E-state index in [0.29, 0.717) is 5.56 Å². The highest BCUT2D eigenvalue weighted by molar-refractivity contribution is 5.05. The highest BCUT2D eigenvalue weighted by Gasteiger charge is 2.18. The first-order chi connectivity index (χ1) is 7.08. The molecule has 0 amide bonds. The molecular weight excluding hydrogens is 196 g/mol. The van der Waals surface area contributed by atoms with E-state index >= 15 is 0 Å². The Bertz CT molecular complexity index is 512. The number of hydrogen-bond acceptors (Lipinski definition) is 3. The van der Waals surface area contributed by atoms with Gasteiger partial charge in [0.1, 0.15) is 0 Å². The molecule has 0 spiro atoms. The van der Waals surface area contributed by atoms with Crippen LogP contribution in [0, 0.1) is 6.92 Å². The van der Waals surface area contributed by atoms with Crippen LogP contribution in [0.25, 0.3) is 0 Å². The highest BCUT2D eigenvalue weighted by atomic mass is 16.5. The van der Waals surface area contributed by atoms with Crippen molar-refractivity contribution in [3.8, 4) is 0 Å². The number of rotatable bonds is 1. The van der Waals surface area contributed by atoms with Gasteiger partial charge in [-0.1, -0.05) is 6.08 Å². The molecule has 0 saturated heterocycles. The van der Waals surface area contributed by atoms with Crippen molar-refractivity contribution in [1.82, 2.24) is 9.55 Å². The van der Waals surface area contributed by atoms with E-state index in [-0.39, 0.29) is 11.7 Å². The van der Waals surface area contributed by atoms with E-state index in [9.17, 15) is 9.59 Å². The van der Waals surface area contributed by atoms with Crippen molar-refractivity contribution in [2.24, 2.45) is 0 Å². The molecule has 0 radical (unpaired) electrons. The molecule has 0 aliphatic carbocycles. The van der Waals surface area contributed by atoms with Crippen LogP contribution in [0.4, 0.5) is 0 Å². The van der Waals surface area contributed by atoms with Gasteiger partial charge in [-0.05, 0) is 19.9 Å². The molecule has 2 rings (SSSR count). The van der Waals surface area contributed by atoms with Crippen LogP contribution in [-0.2, 0) is 4.74 Å². The van der Waals surface area contributed by atoms with Crippen LogP contribution >= 0.6 is 0 Å². The van der Waals surface area contributed by atoms with E-state index in [4.69, 9.17) is 4.74 Å².